The molecule has 2 N–H and O–H groups in total. The third-order valence-electron chi connectivity index (χ3n) is 6.33. The number of likely N-dealkylation sites (N-methyl/N-ethyl adjacent to an activating group) is 1. The smallest absolute Gasteiger partial charge is 0.247 e. The molecule has 2 heterocycles. The Morgan fingerprint density at radius 3 is 2.53 bits per heavy atom. The van der Waals surface area contributed by atoms with Crippen LogP contribution in [0.2, 0.25) is 0 Å². The topological polar surface area (TPSA) is 96.4 Å². The monoisotopic (exact) mass is 397 g/mol. The van der Waals surface area contributed by atoms with Gasteiger partial charge in [0.15, 0.2) is 5.78 Å². The van der Waals surface area contributed by atoms with Crippen LogP contribution < -0.4 is 10.6 Å². The average molecular weight is 397 g/mol. The summed E-state index contributed by atoms with van der Waals surface area (Å²) in [5.41, 5.74) is 7.14. The molecule has 2 aromatic rings. The number of nitrogens with zero attached hydrogens (tertiary/aromatic N) is 2. The number of ether oxygens (including phenoxy) is 1. The Balaban J connectivity index is 1.76. The molecule has 1 aliphatic carbocycles. The van der Waals surface area contributed by atoms with Gasteiger partial charge in [0.25, 0.3) is 0 Å². The van der Waals surface area contributed by atoms with Gasteiger partial charge in [0.2, 0.25) is 11.8 Å². The minimum absolute atomic E-state index is 0.0189. The molecule has 0 fully saturated rings. The van der Waals surface area contributed by atoms with Crippen LogP contribution in [0.3, 0.4) is 0 Å². The van der Waals surface area contributed by atoms with Gasteiger partial charge in [0.05, 0.1) is 5.57 Å². The molecule has 30 heavy (non-hydrogen) atoms. The number of Topliss-reactive ketones (excluding diaryl/α,β-unsaturated/α-hetero) is 1. The number of ketones is 1. The van der Waals surface area contributed by atoms with Crippen molar-refractivity contribution in [1.82, 2.24) is 0 Å². The van der Waals surface area contributed by atoms with E-state index in [1.54, 1.807) is 19.2 Å². The van der Waals surface area contributed by atoms with Crippen molar-refractivity contribution in [2.75, 3.05) is 11.9 Å². The molecule has 1 spiro atoms. The van der Waals surface area contributed by atoms with E-state index in [-0.39, 0.29) is 41.1 Å². The minimum atomic E-state index is -1.55. The van der Waals surface area contributed by atoms with Crippen molar-refractivity contribution in [3.8, 4) is 6.07 Å². The zero-order valence-electron chi connectivity index (χ0n) is 16.4. The van der Waals surface area contributed by atoms with E-state index in [0.717, 1.165) is 5.56 Å². The molecule has 0 saturated carbocycles. The third kappa shape index (κ3) is 2.17. The van der Waals surface area contributed by atoms with Gasteiger partial charge in [-0.2, -0.15) is 5.26 Å². The molecule has 0 radical (unpaired) electrons. The van der Waals surface area contributed by atoms with Gasteiger partial charge in [0, 0.05) is 31.1 Å². The third-order valence-corrected chi connectivity index (χ3v) is 6.33. The Bertz CT molecular complexity index is 1210. The van der Waals surface area contributed by atoms with Gasteiger partial charge < -0.3 is 15.4 Å². The first-order chi connectivity index (χ1) is 14.5. The molecule has 0 aromatic heterocycles. The van der Waals surface area contributed by atoms with Crippen LogP contribution in [0.1, 0.15) is 29.9 Å². The number of nitriles is 1. The number of para-hydroxylation sites is 1. The summed E-state index contributed by atoms with van der Waals surface area (Å²) in [7, 11) is 1.65. The van der Waals surface area contributed by atoms with Gasteiger partial charge >= 0.3 is 0 Å². The van der Waals surface area contributed by atoms with E-state index in [1.807, 2.05) is 42.5 Å². The Morgan fingerprint density at radius 2 is 1.80 bits per heavy atom. The number of amides is 1. The fourth-order valence-electron chi connectivity index (χ4n) is 5.03. The van der Waals surface area contributed by atoms with Gasteiger partial charge in [-0.3, -0.25) is 9.59 Å². The first-order valence-electron chi connectivity index (χ1n) is 9.77. The van der Waals surface area contributed by atoms with E-state index in [0.29, 0.717) is 23.4 Å². The van der Waals surface area contributed by atoms with Gasteiger partial charge in [-0.1, -0.05) is 48.5 Å². The van der Waals surface area contributed by atoms with Gasteiger partial charge in [0.1, 0.15) is 22.8 Å². The molecule has 3 aliphatic rings. The first kappa shape index (κ1) is 18.2. The second kappa shape index (κ2) is 6.33. The molecule has 1 amide bonds. The van der Waals surface area contributed by atoms with Crippen molar-refractivity contribution >= 4 is 17.4 Å². The standard InChI is InChI=1S/C24H19N3O3/c1-27-18-10-6-5-9-16(18)24(23(27)29)17(13-25)22(26)30-20-12-15(11-19(28)21(20)24)14-7-3-2-4-8-14/h2-10,15H,11-12,26H2,1H3/t15-,24-/m1/s1. The van der Waals surface area contributed by atoms with Crippen LogP contribution in [0.15, 0.2) is 77.4 Å². The van der Waals surface area contributed by atoms with Gasteiger partial charge in [-0.25, -0.2) is 0 Å². The molecule has 6 nitrogen and oxygen atoms in total. The highest BCUT2D eigenvalue weighted by molar-refractivity contribution is 6.19. The number of hydrogen-bond donors (Lipinski definition) is 1. The predicted molar refractivity (Wildman–Crippen MR) is 110 cm³/mol. The summed E-state index contributed by atoms with van der Waals surface area (Å²) in [6.07, 6.45) is 0.678. The largest absolute Gasteiger partial charge is 0.444 e. The molecular weight excluding hydrogens is 378 g/mol. The van der Waals surface area contributed by atoms with Crippen molar-refractivity contribution in [2.24, 2.45) is 5.73 Å². The highest BCUT2D eigenvalue weighted by atomic mass is 16.5. The lowest BCUT2D eigenvalue weighted by Crippen LogP contribution is -2.48. The summed E-state index contributed by atoms with van der Waals surface area (Å²) >= 11 is 0. The lowest BCUT2D eigenvalue weighted by atomic mass is 9.63. The predicted octanol–water partition coefficient (Wildman–Crippen LogP) is 3.03. The Hall–Kier alpha value is -3.85. The van der Waals surface area contributed by atoms with Crippen LogP contribution in [-0.2, 0) is 19.7 Å². The molecular formula is C24H19N3O3. The molecule has 148 valence electrons. The van der Waals surface area contributed by atoms with Crippen LogP contribution in [0.4, 0.5) is 5.69 Å². The maximum Gasteiger partial charge on any atom is 0.247 e. The highest BCUT2D eigenvalue weighted by Gasteiger charge is 2.61. The number of hydrogen-bond acceptors (Lipinski definition) is 5. The summed E-state index contributed by atoms with van der Waals surface area (Å²) in [5, 5.41) is 9.95. The molecule has 2 aliphatic heterocycles. The molecule has 0 saturated heterocycles. The van der Waals surface area contributed by atoms with Crippen molar-refractivity contribution in [1.29, 1.82) is 5.26 Å². The van der Waals surface area contributed by atoms with E-state index in [4.69, 9.17) is 10.5 Å². The number of carbonyl (C=O) groups is 2. The van der Waals surface area contributed by atoms with Crippen LogP contribution in [0.5, 0.6) is 0 Å². The number of carbonyl (C=O) groups excluding carboxylic acids is 2. The maximum atomic E-state index is 13.6. The van der Waals surface area contributed by atoms with Crippen molar-refractivity contribution < 1.29 is 14.3 Å². The van der Waals surface area contributed by atoms with Crippen molar-refractivity contribution in [2.45, 2.75) is 24.2 Å². The molecule has 6 heteroatoms. The van der Waals surface area contributed by atoms with E-state index >= 15 is 0 Å². The normalized spacial score (nSPS) is 25.2. The highest BCUT2D eigenvalue weighted by Crippen LogP contribution is 2.56. The van der Waals surface area contributed by atoms with E-state index in [9.17, 15) is 14.9 Å². The summed E-state index contributed by atoms with van der Waals surface area (Å²) in [4.78, 5) is 28.7. The molecule has 2 atom stereocenters. The fourth-order valence-corrected chi connectivity index (χ4v) is 5.03. The number of anilines is 1. The number of rotatable bonds is 1. The molecule has 0 unspecified atom stereocenters. The van der Waals surface area contributed by atoms with Gasteiger partial charge in [-0.15, -0.1) is 0 Å². The Kier molecular flexibility index (Phi) is 3.84. The fraction of sp³-hybridized carbons (Fsp3) is 0.208. The average Bonchev–Trinajstić information content (AvgIpc) is 2.97. The summed E-state index contributed by atoms with van der Waals surface area (Å²) in [6, 6.07) is 19.0. The summed E-state index contributed by atoms with van der Waals surface area (Å²) in [5.74, 6) is -0.351. The molecule has 2 aromatic carbocycles. The first-order valence-corrected chi connectivity index (χ1v) is 9.77. The summed E-state index contributed by atoms with van der Waals surface area (Å²) in [6.45, 7) is 0. The van der Waals surface area contributed by atoms with Crippen molar-refractivity contribution in [3.63, 3.8) is 0 Å². The van der Waals surface area contributed by atoms with E-state index < -0.39 is 5.41 Å². The Morgan fingerprint density at radius 1 is 1.10 bits per heavy atom. The molecule has 0 bridgehead atoms. The van der Waals surface area contributed by atoms with Gasteiger partial charge in [-0.05, 0) is 17.5 Å². The second-order valence-electron chi connectivity index (χ2n) is 7.82. The molecule has 5 rings (SSSR count). The summed E-state index contributed by atoms with van der Waals surface area (Å²) < 4.78 is 5.82. The van der Waals surface area contributed by atoms with Crippen LogP contribution in [0.25, 0.3) is 0 Å². The van der Waals surface area contributed by atoms with Crippen LogP contribution in [-0.4, -0.2) is 18.7 Å². The zero-order valence-corrected chi connectivity index (χ0v) is 16.4. The van der Waals surface area contributed by atoms with Crippen LogP contribution in [0, 0.1) is 11.3 Å². The number of allylic oxidation sites excluding steroid dienone is 1. The van der Waals surface area contributed by atoms with Crippen molar-refractivity contribution in [3.05, 3.63) is 88.5 Å². The lowest BCUT2D eigenvalue weighted by Gasteiger charge is -2.39. The maximum absolute atomic E-state index is 13.6. The number of fused-ring (bicyclic) bond motifs is 3. The number of benzene rings is 2. The quantitative estimate of drug-likeness (QED) is 0.798. The minimum Gasteiger partial charge on any atom is -0.444 e. The Labute approximate surface area is 173 Å². The lowest BCUT2D eigenvalue weighted by molar-refractivity contribution is -0.124. The SMILES string of the molecule is CN1C(=O)[C@@]2(C(C#N)=C(N)OC3=C2C(=O)C[C@@H](c2ccccc2)C3)c2ccccc21. The second-order valence-corrected chi connectivity index (χ2v) is 7.82. The van der Waals surface area contributed by atoms with Crippen LogP contribution >= 0.6 is 0 Å². The zero-order chi connectivity index (χ0) is 21.0. The van der Waals surface area contributed by atoms with E-state index in [2.05, 4.69) is 6.07 Å². The number of nitrogens with two attached hydrogens (primary N) is 1. The van der Waals surface area contributed by atoms with E-state index in [1.165, 1.54) is 4.90 Å².